The minimum Gasteiger partial charge on any atom is -0.363 e. The van der Waals surface area contributed by atoms with Crippen LogP contribution in [0, 0.1) is 0 Å². The zero-order valence-corrected chi connectivity index (χ0v) is 12.6. The summed E-state index contributed by atoms with van der Waals surface area (Å²) in [5, 5.41) is 4.89. The molecule has 0 unspecified atom stereocenters. The molecule has 104 valence electrons. The Kier molecular flexibility index (Phi) is 4.16. The molecule has 0 amide bonds. The van der Waals surface area contributed by atoms with Gasteiger partial charge in [0.2, 0.25) is 5.78 Å². The molecule has 1 aromatic carbocycles. The average Bonchev–Trinajstić information content (AvgIpc) is 2.86. The Balaban J connectivity index is 2.38. The number of halogens is 2. The van der Waals surface area contributed by atoms with Crippen molar-refractivity contribution < 1.29 is 4.79 Å². The normalized spacial score (nSPS) is 10.4. The maximum Gasteiger partial charge on any atom is 0.212 e. The van der Waals surface area contributed by atoms with Crippen molar-refractivity contribution >= 4 is 40.5 Å². The van der Waals surface area contributed by atoms with Crippen LogP contribution in [0.15, 0.2) is 37.0 Å². The molecule has 0 saturated heterocycles. The van der Waals surface area contributed by atoms with E-state index in [-0.39, 0.29) is 11.5 Å². The first-order valence-electron chi connectivity index (χ1n) is 5.82. The molecule has 2 rings (SSSR count). The van der Waals surface area contributed by atoms with Gasteiger partial charge in [0.1, 0.15) is 11.5 Å². The van der Waals surface area contributed by atoms with Crippen LogP contribution in [0.2, 0.25) is 10.0 Å². The summed E-state index contributed by atoms with van der Waals surface area (Å²) < 4.78 is 1.48. The predicted octanol–water partition coefficient (Wildman–Crippen LogP) is 3.61. The van der Waals surface area contributed by atoms with E-state index < -0.39 is 0 Å². The Morgan fingerprint density at radius 3 is 2.60 bits per heavy atom. The maximum absolute atomic E-state index is 12.4. The molecule has 0 saturated carbocycles. The van der Waals surface area contributed by atoms with Crippen LogP contribution in [0.25, 0.3) is 5.70 Å². The van der Waals surface area contributed by atoms with Crippen molar-refractivity contribution in [2.75, 3.05) is 19.0 Å². The zero-order chi connectivity index (χ0) is 14.9. The van der Waals surface area contributed by atoms with Gasteiger partial charge in [-0.1, -0.05) is 29.8 Å². The Hall–Kier alpha value is -1.78. The number of Topliss-reactive ketones (excluding diaryl/α,β-unsaturated/α-hetero) is 1. The van der Waals surface area contributed by atoms with Crippen molar-refractivity contribution in [2.24, 2.45) is 0 Å². The molecule has 0 N–H and O–H groups in total. The third kappa shape index (κ3) is 2.71. The smallest absolute Gasteiger partial charge is 0.212 e. The van der Waals surface area contributed by atoms with Crippen LogP contribution < -0.4 is 4.90 Å². The average molecular weight is 310 g/mol. The molecule has 0 fully saturated rings. The number of benzene rings is 1. The molecule has 0 aliphatic carbocycles. The van der Waals surface area contributed by atoms with Crippen molar-refractivity contribution in [2.45, 2.75) is 0 Å². The molecule has 1 aromatic heterocycles. The summed E-state index contributed by atoms with van der Waals surface area (Å²) in [7, 11) is 3.72. The number of carbonyl (C=O) groups is 1. The number of hydrogen-bond donors (Lipinski definition) is 0. The summed E-state index contributed by atoms with van der Waals surface area (Å²) in [5.41, 5.74) is 0.573. The number of nitrogens with zero attached hydrogens (tertiary/aromatic N) is 3. The molecule has 0 aliphatic heterocycles. The highest BCUT2D eigenvalue weighted by Gasteiger charge is 2.18. The van der Waals surface area contributed by atoms with Gasteiger partial charge in [0.05, 0.1) is 11.2 Å². The summed E-state index contributed by atoms with van der Waals surface area (Å²) in [6.07, 6.45) is 1.61. The van der Waals surface area contributed by atoms with Crippen molar-refractivity contribution in [3.05, 3.63) is 52.6 Å². The summed E-state index contributed by atoms with van der Waals surface area (Å²) in [4.78, 5) is 14.3. The van der Waals surface area contributed by atoms with E-state index in [1.54, 1.807) is 24.4 Å². The van der Waals surface area contributed by atoms with Crippen LogP contribution in [0.5, 0.6) is 0 Å². The number of allylic oxidation sites excluding steroid dienone is 1. The minimum absolute atomic E-state index is 0.225. The molecule has 0 spiro atoms. The molecule has 1 heterocycles. The van der Waals surface area contributed by atoms with E-state index >= 15 is 0 Å². The number of carbonyl (C=O) groups excluding carboxylic acids is 1. The molecule has 0 bridgehead atoms. The van der Waals surface area contributed by atoms with Gasteiger partial charge in [-0.15, -0.1) is 0 Å². The summed E-state index contributed by atoms with van der Waals surface area (Å²) in [6.45, 7) is 3.81. The van der Waals surface area contributed by atoms with E-state index in [0.717, 1.165) is 5.82 Å². The van der Waals surface area contributed by atoms with E-state index in [9.17, 15) is 4.79 Å². The lowest BCUT2D eigenvalue weighted by Crippen LogP contribution is -2.18. The Labute approximate surface area is 127 Å². The Bertz CT molecular complexity index is 677. The largest absolute Gasteiger partial charge is 0.363 e. The molecule has 0 radical (unpaired) electrons. The lowest BCUT2D eigenvalue weighted by atomic mass is 10.1. The second-order valence-electron chi connectivity index (χ2n) is 4.40. The number of rotatable bonds is 4. The predicted molar refractivity (Wildman–Crippen MR) is 82.7 cm³/mol. The van der Waals surface area contributed by atoms with E-state index in [2.05, 4.69) is 11.7 Å². The first-order valence-corrected chi connectivity index (χ1v) is 6.58. The zero-order valence-electron chi connectivity index (χ0n) is 11.1. The highest BCUT2D eigenvalue weighted by atomic mass is 35.5. The second kappa shape index (κ2) is 5.69. The van der Waals surface area contributed by atoms with E-state index in [1.165, 1.54) is 10.7 Å². The molecule has 0 aliphatic rings. The van der Waals surface area contributed by atoms with E-state index in [4.69, 9.17) is 23.2 Å². The van der Waals surface area contributed by atoms with Crippen LogP contribution in [0.3, 0.4) is 0 Å². The minimum atomic E-state index is -0.293. The second-order valence-corrected chi connectivity index (χ2v) is 5.24. The SMILES string of the molecule is C=C(C(=O)c1ccc(Cl)cc1Cl)n1nccc1N(C)C. The summed E-state index contributed by atoms with van der Waals surface area (Å²) in [5.74, 6) is 0.465. The molecule has 6 heteroatoms. The highest BCUT2D eigenvalue weighted by Crippen LogP contribution is 2.25. The van der Waals surface area contributed by atoms with Crippen LogP contribution in [0.1, 0.15) is 10.4 Å². The topological polar surface area (TPSA) is 38.1 Å². The van der Waals surface area contributed by atoms with Crippen LogP contribution in [0.4, 0.5) is 5.82 Å². The fraction of sp³-hybridized carbons (Fsp3) is 0.143. The van der Waals surface area contributed by atoms with Gasteiger partial charge < -0.3 is 4.90 Å². The first-order chi connectivity index (χ1) is 9.41. The number of ketones is 1. The van der Waals surface area contributed by atoms with Crippen LogP contribution in [-0.4, -0.2) is 29.7 Å². The lowest BCUT2D eigenvalue weighted by Gasteiger charge is -2.15. The fourth-order valence-corrected chi connectivity index (χ4v) is 2.26. The van der Waals surface area contributed by atoms with Crippen molar-refractivity contribution in [3.63, 3.8) is 0 Å². The standard InChI is InChI=1S/C14H13Cl2N3O/c1-9(19-13(18(2)3)6-7-17-19)14(20)11-5-4-10(15)8-12(11)16/h4-8H,1H2,2-3H3. The molecule has 0 atom stereocenters. The third-order valence-electron chi connectivity index (χ3n) is 2.77. The number of aromatic nitrogens is 2. The van der Waals surface area contributed by atoms with Crippen molar-refractivity contribution in [1.29, 1.82) is 0 Å². The van der Waals surface area contributed by atoms with Crippen molar-refractivity contribution in [3.8, 4) is 0 Å². The first kappa shape index (κ1) is 14.6. The summed E-state index contributed by atoms with van der Waals surface area (Å²) in [6, 6.07) is 6.52. The van der Waals surface area contributed by atoms with Gasteiger partial charge in [-0.2, -0.15) is 5.10 Å². The fourth-order valence-electron chi connectivity index (χ4n) is 1.77. The van der Waals surface area contributed by atoms with E-state index in [1.807, 2.05) is 19.0 Å². The van der Waals surface area contributed by atoms with Gasteiger partial charge in [0.25, 0.3) is 0 Å². The lowest BCUT2D eigenvalue weighted by molar-refractivity contribution is 0.105. The van der Waals surface area contributed by atoms with Gasteiger partial charge in [-0.05, 0) is 18.2 Å². The van der Waals surface area contributed by atoms with Gasteiger partial charge in [0.15, 0.2) is 0 Å². The quantitative estimate of drug-likeness (QED) is 0.639. The molecule has 2 aromatic rings. The Morgan fingerprint density at radius 2 is 2.00 bits per heavy atom. The Morgan fingerprint density at radius 1 is 1.30 bits per heavy atom. The van der Waals surface area contributed by atoms with Gasteiger partial charge in [-0.3, -0.25) is 4.79 Å². The van der Waals surface area contributed by atoms with Gasteiger partial charge in [-0.25, -0.2) is 4.68 Å². The number of anilines is 1. The van der Waals surface area contributed by atoms with Gasteiger partial charge >= 0.3 is 0 Å². The molecule has 20 heavy (non-hydrogen) atoms. The van der Waals surface area contributed by atoms with Crippen molar-refractivity contribution in [1.82, 2.24) is 9.78 Å². The van der Waals surface area contributed by atoms with Crippen LogP contribution >= 0.6 is 23.2 Å². The van der Waals surface area contributed by atoms with Crippen LogP contribution in [-0.2, 0) is 0 Å². The number of hydrogen-bond acceptors (Lipinski definition) is 3. The molecular formula is C14H13Cl2N3O. The van der Waals surface area contributed by atoms with Gasteiger partial charge in [0, 0.05) is 30.7 Å². The third-order valence-corrected chi connectivity index (χ3v) is 3.32. The monoisotopic (exact) mass is 309 g/mol. The highest BCUT2D eigenvalue weighted by molar-refractivity contribution is 6.39. The molecular weight excluding hydrogens is 297 g/mol. The summed E-state index contributed by atoms with van der Waals surface area (Å²) >= 11 is 11.9. The van der Waals surface area contributed by atoms with E-state index in [0.29, 0.717) is 15.6 Å². The molecule has 4 nitrogen and oxygen atoms in total. The maximum atomic E-state index is 12.4.